The number of methoxy groups -OCH3 is 1. The van der Waals surface area contributed by atoms with Crippen molar-refractivity contribution in [1.29, 1.82) is 0 Å². The first-order valence-electron chi connectivity index (χ1n) is 27.3. The van der Waals surface area contributed by atoms with Gasteiger partial charge in [0, 0.05) is 30.8 Å². The molecule has 92 heavy (non-hydrogen) atoms. The number of aliphatic hydroxyl groups excluding tert-OH is 7. The zero-order valence-electron chi connectivity index (χ0n) is 49.3. The molecule has 0 aromatic carbocycles. The minimum Gasteiger partial charge on any atom is -0.388 e. The largest absolute Gasteiger partial charge is 0.397 e. The normalized spacial score (nSPS) is 44.9. The molecule has 6 aliphatic heterocycles. The van der Waals surface area contributed by atoms with Crippen LogP contribution in [0, 0.1) is 29.1 Å². The number of ether oxygens (including phenoxy) is 12. The maximum absolute atomic E-state index is 12.1. The smallest absolute Gasteiger partial charge is 0.388 e. The summed E-state index contributed by atoms with van der Waals surface area (Å²) >= 11 is -15.4. The van der Waals surface area contributed by atoms with Gasteiger partial charge in [0.05, 0.1) is 75.1 Å². The van der Waals surface area contributed by atoms with Crippen molar-refractivity contribution >= 4 is 67.2 Å². The molecule has 6 heterocycles. The fourth-order valence-corrected chi connectivity index (χ4v) is 12.5. The van der Waals surface area contributed by atoms with Gasteiger partial charge in [-0.05, 0) is 41.5 Å². The molecule has 6 saturated heterocycles. The molecule has 6 rings (SSSR count). The van der Waals surface area contributed by atoms with E-state index in [1.165, 1.54) is 55.6 Å². The molecule has 13 N–H and O–H groups in total. The molecular weight excluding hydrogens is 1400 g/mol. The summed E-state index contributed by atoms with van der Waals surface area (Å²) in [5.74, 6) is -6.03. The van der Waals surface area contributed by atoms with Crippen LogP contribution in [0.1, 0.15) is 48.5 Å². The lowest BCUT2D eigenvalue weighted by atomic mass is 9.75. The average Bonchev–Trinajstić information content (AvgIpc) is 0.787. The molecule has 6 aliphatic rings. The third-order valence-electron chi connectivity index (χ3n) is 15.8. The van der Waals surface area contributed by atoms with Crippen molar-refractivity contribution < 1.29 is 200 Å². The number of rotatable bonds is 33. The maximum atomic E-state index is 12.1. The van der Waals surface area contributed by atoms with Gasteiger partial charge in [0.2, 0.25) is 0 Å². The maximum Gasteiger partial charge on any atom is 0.397 e. The summed E-state index contributed by atoms with van der Waals surface area (Å²) in [6.45, 7) is 5.44. The van der Waals surface area contributed by atoms with Crippen molar-refractivity contribution in [3.63, 3.8) is 0 Å². The molecule has 0 amide bonds. The van der Waals surface area contributed by atoms with E-state index >= 15 is 0 Å². The Balaban J connectivity index is 1.34. The topological polar surface area (TPSA) is 595 Å². The Kier molecular flexibility index (Phi) is 31.4. The molecule has 0 aromatic heterocycles. The average molecular weight is 1470 g/mol. The van der Waals surface area contributed by atoms with Gasteiger partial charge in [-0.1, -0.05) is 6.92 Å². The first kappa shape index (κ1) is 80.2. The van der Waals surface area contributed by atoms with Crippen LogP contribution in [0.2, 0.25) is 0 Å². The molecule has 43 nitrogen and oxygen atoms in total. The highest BCUT2D eigenvalue weighted by Gasteiger charge is 2.58. The highest BCUT2D eigenvalue weighted by Crippen LogP contribution is 2.43. The van der Waals surface area contributed by atoms with Crippen LogP contribution in [-0.4, -0.2) is 286 Å². The Morgan fingerprint density at radius 3 is 1.20 bits per heavy atom. The van der Waals surface area contributed by atoms with Crippen LogP contribution in [0.15, 0.2) is 0 Å². The van der Waals surface area contributed by atoms with E-state index in [-0.39, 0.29) is 0 Å². The lowest BCUT2D eigenvalue weighted by molar-refractivity contribution is -0.387. The van der Waals surface area contributed by atoms with Gasteiger partial charge >= 0.3 is 67.2 Å². The van der Waals surface area contributed by atoms with Gasteiger partial charge in [-0.3, -0.25) is 27.3 Å². The molecule has 17 unspecified atom stereocenters. The fraction of sp³-hybridized carbons (Fsp3) is 1.00. The minimum absolute atomic E-state index is 0.644. The van der Waals surface area contributed by atoms with Crippen LogP contribution in [0.4, 0.5) is 0 Å². The van der Waals surface area contributed by atoms with E-state index < -0.39 is 283 Å². The Hall–Kier alpha value is -0.740. The molecule has 0 spiro atoms. The van der Waals surface area contributed by atoms with Crippen molar-refractivity contribution in [3.05, 3.63) is 0 Å². The predicted molar refractivity (Wildman–Crippen MR) is 287 cm³/mol. The second-order valence-corrected chi connectivity index (χ2v) is 25.8. The molecular formula is C43H76O43S6. The molecule has 0 radical (unpaired) electrons. The molecule has 0 saturated carbocycles. The quantitative estimate of drug-likeness (QED) is 0.0126. The van der Waals surface area contributed by atoms with E-state index in [1.54, 1.807) is 0 Å². The zero-order valence-corrected chi connectivity index (χ0v) is 54.2. The summed E-state index contributed by atoms with van der Waals surface area (Å²) in [6, 6.07) is 0. The van der Waals surface area contributed by atoms with Crippen LogP contribution >= 0.6 is 0 Å². The third-order valence-corrected chi connectivity index (χ3v) is 17.3. The van der Waals surface area contributed by atoms with Crippen LogP contribution in [0.25, 0.3) is 0 Å². The van der Waals surface area contributed by atoms with Gasteiger partial charge in [0.1, 0.15) is 79.4 Å². The standard InChI is InChI=1S/C43H76O43S6/c1-14-24(44)34(81-92(61,62)63)29(49)41(70-14)67-10-21-20(9-66-38-25(45)23(31(16(3)72-38)77-83-88(53)54)12-68-40-28(48)27(47)33(18(5)74-40)79-85-90(57)58)30(76-82-87(51)52)15(2)71-37(21)65-11-22-26(46)39(73-17(4)32(22)78-84-89(55)56)69-13-43(7)35(50)42(64-8)75-19(6)36(43)80-86-91(59)60/h14-42,44-50H,9-13H2,1-8H3,(H,51,52)(H,53,54)(H,55,56)(H,57,58)(H,59,60)(H,61,62,63)/t14?,15?,16?,17?,18?,19?,20-,21?,22-,23-,24-,25?,26?,27-,28?,29?,30-,31-,32-,33-,34-,35?,36-,37-,38-,39-,40-,41-,42-,43-/m1/s1. The Morgan fingerprint density at radius 1 is 0.391 bits per heavy atom. The van der Waals surface area contributed by atoms with Crippen LogP contribution in [-0.2, 0) is 174 Å². The second kappa shape index (κ2) is 36.0. The van der Waals surface area contributed by atoms with Gasteiger partial charge < -0.3 is 92.6 Å². The summed E-state index contributed by atoms with van der Waals surface area (Å²) < 4.78 is 236. The highest BCUT2D eigenvalue weighted by molar-refractivity contribution is 7.81. The first-order valence-corrected chi connectivity index (χ1v) is 33.8. The first-order chi connectivity index (χ1) is 43.1. The van der Waals surface area contributed by atoms with Gasteiger partial charge in [-0.25, -0.2) is 28.6 Å². The molecule has 542 valence electrons. The fourth-order valence-electron chi connectivity index (χ4n) is 11.2. The van der Waals surface area contributed by atoms with Crippen LogP contribution in [0.5, 0.6) is 0 Å². The van der Waals surface area contributed by atoms with Gasteiger partial charge in [-0.15, -0.1) is 21.7 Å². The molecule has 35 atom stereocenters. The number of aliphatic hydroxyl groups is 7. The van der Waals surface area contributed by atoms with E-state index in [0.29, 0.717) is 0 Å². The SMILES string of the molecule is CO[C@@H]1OC(C)[C@@H](OOS(=O)O)[C@](C)(CO[C@@H]2OC(C)[C@@H](OOS(=O)O)[C@H](CO[C@@H]3OC(C)[C@@H](OOS(=O)O)[C@H](CO[C@@H]4OC(C)[C@@H](OOS(=O)O)[C@H](CO[C@@H]5OC(C)[C@@H](OOS(=O)O)[C@H](O)C5O)C4O)C3CO[C@@H]3OC(C)[C@@H](O)[C@@H](OS(=O)(=O)O)C3O)C2O)C1O. The summed E-state index contributed by atoms with van der Waals surface area (Å²) in [5, 5.41) is 79.5. The van der Waals surface area contributed by atoms with Crippen molar-refractivity contribution in [3.8, 4) is 0 Å². The second-order valence-electron chi connectivity index (χ2n) is 21.9. The molecule has 6 fully saturated rings. The lowest BCUT2D eigenvalue weighted by Crippen LogP contribution is -2.64. The monoisotopic (exact) mass is 1470 g/mol. The predicted octanol–water partition coefficient (Wildman–Crippen LogP) is -5.36. The number of hydrogen-bond acceptors (Lipinski definition) is 37. The Bertz CT molecular complexity index is 2520. The zero-order chi connectivity index (χ0) is 68.4. The third kappa shape index (κ3) is 21.2. The Morgan fingerprint density at radius 2 is 0.739 bits per heavy atom. The highest BCUT2D eigenvalue weighted by atomic mass is 32.3. The molecule has 0 bridgehead atoms. The van der Waals surface area contributed by atoms with E-state index in [0.717, 1.165) is 0 Å². The van der Waals surface area contributed by atoms with E-state index in [9.17, 15) is 88.0 Å². The van der Waals surface area contributed by atoms with Gasteiger partial charge in [-0.2, -0.15) is 29.5 Å². The summed E-state index contributed by atoms with van der Waals surface area (Å²) in [6.07, 6.45) is -41.7. The summed E-state index contributed by atoms with van der Waals surface area (Å²) in [4.78, 5) is 25.8. The van der Waals surface area contributed by atoms with Crippen molar-refractivity contribution in [2.75, 3.05) is 40.1 Å². The minimum atomic E-state index is -5.39. The number of hydrogen-bond donors (Lipinski definition) is 13. The lowest BCUT2D eigenvalue weighted by Gasteiger charge is -2.50. The van der Waals surface area contributed by atoms with Gasteiger partial charge in [0.25, 0.3) is 0 Å². The molecule has 0 aromatic rings. The summed E-state index contributed by atoms with van der Waals surface area (Å²) in [5.41, 5.74) is -1.69. The van der Waals surface area contributed by atoms with Crippen molar-refractivity contribution in [2.45, 2.75) is 202 Å². The summed E-state index contributed by atoms with van der Waals surface area (Å²) in [7, 11) is -4.18. The van der Waals surface area contributed by atoms with E-state index in [1.807, 2.05) is 0 Å². The van der Waals surface area contributed by atoms with E-state index in [2.05, 4.69) is 25.9 Å². The van der Waals surface area contributed by atoms with Crippen molar-refractivity contribution in [2.24, 2.45) is 29.1 Å². The molecule has 49 heteroatoms. The molecule has 0 aliphatic carbocycles. The van der Waals surface area contributed by atoms with Crippen molar-refractivity contribution in [1.82, 2.24) is 0 Å². The Labute approximate surface area is 536 Å². The van der Waals surface area contributed by atoms with E-state index in [4.69, 9.17) is 85.8 Å². The van der Waals surface area contributed by atoms with Crippen LogP contribution < -0.4 is 0 Å². The van der Waals surface area contributed by atoms with Gasteiger partial charge in [0.15, 0.2) is 37.7 Å². The van der Waals surface area contributed by atoms with Crippen LogP contribution in [0.3, 0.4) is 0 Å².